The van der Waals surface area contributed by atoms with E-state index in [1.54, 1.807) is 6.20 Å². The van der Waals surface area contributed by atoms with Crippen molar-refractivity contribution >= 4 is 15.9 Å². The van der Waals surface area contributed by atoms with Gasteiger partial charge < -0.3 is 4.90 Å². The number of benzene rings is 1. The van der Waals surface area contributed by atoms with Gasteiger partial charge in [0.15, 0.2) is 0 Å². The second-order valence-corrected chi connectivity index (χ2v) is 9.54. The van der Waals surface area contributed by atoms with Crippen molar-refractivity contribution in [3.05, 3.63) is 54.2 Å². The van der Waals surface area contributed by atoms with Crippen molar-refractivity contribution in [2.75, 3.05) is 19.3 Å². The Labute approximate surface area is 166 Å². The van der Waals surface area contributed by atoms with E-state index in [-0.39, 0.29) is 23.8 Å². The highest BCUT2D eigenvalue weighted by Crippen LogP contribution is 2.51. The Morgan fingerprint density at radius 1 is 1.18 bits per heavy atom. The first-order valence-corrected chi connectivity index (χ1v) is 11.6. The van der Waals surface area contributed by atoms with E-state index < -0.39 is 10.0 Å². The van der Waals surface area contributed by atoms with Crippen LogP contribution >= 0.6 is 0 Å². The SMILES string of the molecule is CS(=O)(=O)N[C@@H]1CCCN(C(=O)[C@@H]2C[C@H]2c2ccccc2-c2ccccn2)C1. The summed E-state index contributed by atoms with van der Waals surface area (Å²) in [6, 6.07) is 13.8. The second kappa shape index (κ2) is 7.64. The molecule has 2 aliphatic rings. The molecule has 28 heavy (non-hydrogen) atoms. The zero-order valence-corrected chi connectivity index (χ0v) is 16.7. The van der Waals surface area contributed by atoms with Crippen molar-refractivity contribution < 1.29 is 13.2 Å². The lowest BCUT2D eigenvalue weighted by molar-refractivity contribution is -0.133. The van der Waals surface area contributed by atoms with E-state index in [1.807, 2.05) is 35.2 Å². The first-order chi connectivity index (χ1) is 13.4. The van der Waals surface area contributed by atoms with E-state index in [0.717, 1.165) is 30.5 Å². The molecule has 7 heteroatoms. The Hall–Kier alpha value is -2.25. The second-order valence-electron chi connectivity index (χ2n) is 7.76. The number of likely N-dealkylation sites (tertiary alicyclic amines) is 1. The highest BCUT2D eigenvalue weighted by molar-refractivity contribution is 7.88. The maximum Gasteiger partial charge on any atom is 0.226 e. The number of amides is 1. The van der Waals surface area contributed by atoms with Crippen LogP contribution in [0.3, 0.4) is 0 Å². The fourth-order valence-electron chi connectivity index (χ4n) is 4.20. The molecule has 2 heterocycles. The number of piperidine rings is 1. The minimum atomic E-state index is -3.26. The van der Waals surface area contributed by atoms with Gasteiger partial charge in [0.1, 0.15) is 0 Å². The lowest BCUT2D eigenvalue weighted by Gasteiger charge is -2.33. The molecule has 0 unspecified atom stereocenters. The zero-order chi connectivity index (χ0) is 19.7. The molecule has 1 saturated carbocycles. The first kappa shape index (κ1) is 19.1. The van der Waals surface area contributed by atoms with Crippen molar-refractivity contribution in [3.63, 3.8) is 0 Å². The van der Waals surface area contributed by atoms with Crippen LogP contribution in [0.2, 0.25) is 0 Å². The summed E-state index contributed by atoms with van der Waals surface area (Å²) in [6.45, 7) is 1.16. The van der Waals surface area contributed by atoms with Gasteiger partial charge >= 0.3 is 0 Å². The Kier molecular flexibility index (Phi) is 5.21. The smallest absolute Gasteiger partial charge is 0.226 e. The summed E-state index contributed by atoms with van der Waals surface area (Å²) in [6.07, 6.45) is 5.38. The number of carbonyl (C=O) groups is 1. The molecule has 0 radical (unpaired) electrons. The van der Waals surface area contributed by atoms with Crippen LogP contribution in [0, 0.1) is 5.92 Å². The summed E-state index contributed by atoms with van der Waals surface area (Å²) in [5, 5.41) is 0. The van der Waals surface area contributed by atoms with Gasteiger partial charge in [-0.05, 0) is 42.9 Å². The molecule has 2 aromatic rings. The normalized spacial score (nSPS) is 24.8. The van der Waals surface area contributed by atoms with Crippen LogP contribution < -0.4 is 4.72 Å². The number of nitrogens with zero attached hydrogens (tertiary/aromatic N) is 2. The molecule has 4 rings (SSSR count). The molecular formula is C21H25N3O3S. The van der Waals surface area contributed by atoms with E-state index in [4.69, 9.17) is 0 Å². The molecule has 148 valence electrons. The highest BCUT2D eigenvalue weighted by atomic mass is 32.2. The summed E-state index contributed by atoms with van der Waals surface area (Å²) in [5.74, 6) is 0.316. The van der Waals surface area contributed by atoms with Gasteiger partial charge in [-0.1, -0.05) is 30.3 Å². The van der Waals surface area contributed by atoms with E-state index in [0.29, 0.717) is 13.1 Å². The average Bonchev–Trinajstić information content (AvgIpc) is 3.48. The van der Waals surface area contributed by atoms with Crippen LogP contribution in [0.1, 0.15) is 30.7 Å². The third-order valence-electron chi connectivity index (χ3n) is 5.52. The van der Waals surface area contributed by atoms with E-state index in [1.165, 1.54) is 11.8 Å². The minimum Gasteiger partial charge on any atom is -0.341 e. The number of hydrogen-bond acceptors (Lipinski definition) is 4. The molecule has 0 spiro atoms. The summed E-state index contributed by atoms with van der Waals surface area (Å²) in [4.78, 5) is 19.3. The molecule has 6 nitrogen and oxygen atoms in total. The topological polar surface area (TPSA) is 79.4 Å². The van der Waals surface area contributed by atoms with E-state index >= 15 is 0 Å². The lowest BCUT2D eigenvalue weighted by atomic mass is 9.98. The summed E-state index contributed by atoms with van der Waals surface area (Å²) in [7, 11) is -3.26. The number of nitrogens with one attached hydrogen (secondary N) is 1. The van der Waals surface area contributed by atoms with Crippen LogP contribution in [-0.2, 0) is 14.8 Å². The summed E-state index contributed by atoms with van der Waals surface area (Å²) < 4.78 is 25.7. The first-order valence-electron chi connectivity index (χ1n) is 9.69. The molecule has 0 bridgehead atoms. The molecule has 1 N–H and O–H groups in total. The minimum absolute atomic E-state index is 0.0261. The molecule has 2 fully saturated rings. The molecule has 1 aliphatic heterocycles. The Morgan fingerprint density at radius 3 is 2.71 bits per heavy atom. The number of rotatable bonds is 5. The van der Waals surface area contributed by atoms with Gasteiger partial charge in [0.05, 0.1) is 11.9 Å². The van der Waals surface area contributed by atoms with Crippen molar-refractivity contribution in [2.24, 2.45) is 5.92 Å². The van der Waals surface area contributed by atoms with Crippen molar-refractivity contribution in [2.45, 2.75) is 31.2 Å². The molecule has 3 atom stereocenters. The van der Waals surface area contributed by atoms with Crippen LogP contribution in [0.15, 0.2) is 48.7 Å². The maximum absolute atomic E-state index is 13.0. The molecule has 1 aromatic carbocycles. The van der Waals surface area contributed by atoms with Gasteiger partial charge in [-0.3, -0.25) is 9.78 Å². The number of carbonyl (C=O) groups excluding carboxylic acids is 1. The van der Waals surface area contributed by atoms with Gasteiger partial charge in [-0.15, -0.1) is 0 Å². The maximum atomic E-state index is 13.0. The molecular weight excluding hydrogens is 374 g/mol. The average molecular weight is 400 g/mol. The Morgan fingerprint density at radius 2 is 1.96 bits per heavy atom. The van der Waals surface area contributed by atoms with Gasteiger partial charge in [0.25, 0.3) is 0 Å². The quantitative estimate of drug-likeness (QED) is 0.837. The Bertz CT molecular complexity index is 962. The third kappa shape index (κ3) is 4.25. The van der Waals surface area contributed by atoms with E-state index in [2.05, 4.69) is 21.8 Å². The van der Waals surface area contributed by atoms with Gasteiger partial charge in [0, 0.05) is 36.8 Å². The summed E-state index contributed by atoms with van der Waals surface area (Å²) >= 11 is 0. The standard InChI is InChI=1S/C21H25N3O3S/c1-28(26,27)23-15-7-6-12-24(14-15)21(25)19-13-18(19)16-8-2-3-9-17(16)20-10-4-5-11-22-20/h2-5,8-11,15,18-19,23H,6-7,12-14H2,1H3/t15-,18+,19-/m1/s1. The highest BCUT2D eigenvalue weighted by Gasteiger charge is 2.47. The lowest BCUT2D eigenvalue weighted by Crippen LogP contribution is -2.49. The number of sulfonamides is 1. The molecule has 1 saturated heterocycles. The van der Waals surface area contributed by atoms with Gasteiger partial charge in [0.2, 0.25) is 15.9 Å². The Balaban J connectivity index is 1.47. The fraction of sp³-hybridized carbons (Fsp3) is 0.429. The largest absolute Gasteiger partial charge is 0.341 e. The fourth-order valence-corrected chi connectivity index (χ4v) is 5.00. The third-order valence-corrected chi connectivity index (χ3v) is 6.28. The summed E-state index contributed by atoms with van der Waals surface area (Å²) in [5.41, 5.74) is 3.17. The predicted octanol–water partition coefficient (Wildman–Crippen LogP) is 2.39. The molecule has 1 amide bonds. The zero-order valence-electron chi connectivity index (χ0n) is 15.9. The van der Waals surface area contributed by atoms with Gasteiger partial charge in [-0.2, -0.15) is 0 Å². The van der Waals surface area contributed by atoms with Crippen LogP contribution in [0.25, 0.3) is 11.3 Å². The number of hydrogen-bond donors (Lipinski definition) is 1. The van der Waals surface area contributed by atoms with Crippen LogP contribution in [0.5, 0.6) is 0 Å². The van der Waals surface area contributed by atoms with Crippen molar-refractivity contribution in [1.82, 2.24) is 14.6 Å². The molecule has 1 aromatic heterocycles. The predicted molar refractivity (Wildman–Crippen MR) is 108 cm³/mol. The van der Waals surface area contributed by atoms with Crippen LogP contribution in [0.4, 0.5) is 0 Å². The van der Waals surface area contributed by atoms with Gasteiger partial charge in [-0.25, -0.2) is 13.1 Å². The van der Waals surface area contributed by atoms with E-state index in [9.17, 15) is 13.2 Å². The van der Waals surface area contributed by atoms with Crippen LogP contribution in [-0.4, -0.2) is 49.6 Å². The monoisotopic (exact) mass is 399 g/mol. The van der Waals surface area contributed by atoms with Crippen molar-refractivity contribution in [3.8, 4) is 11.3 Å². The number of pyridine rings is 1. The molecule has 1 aliphatic carbocycles. The number of aromatic nitrogens is 1. The van der Waals surface area contributed by atoms with Crippen molar-refractivity contribution in [1.29, 1.82) is 0 Å².